The molecular formula is C4H4O3. The Labute approximate surface area is 40.2 Å². The molecule has 3 heteroatoms. The minimum atomic E-state index is -0.883. The van der Waals surface area contributed by atoms with Gasteiger partial charge in [-0.25, -0.2) is 4.79 Å². The lowest BCUT2D eigenvalue weighted by Crippen LogP contribution is -2.13. The molecule has 1 aliphatic rings. The highest BCUT2D eigenvalue weighted by molar-refractivity contribution is 5.87. The van der Waals surface area contributed by atoms with Gasteiger partial charge in [0.1, 0.15) is 12.2 Å². The van der Waals surface area contributed by atoms with Crippen LogP contribution in [0.25, 0.3) is 0 Å². The molecule has 0 radical (unpaired) electrons. The van der Waals surface area contributed by atoms with Gasteiger partial charge in [-0.05, 0) is 0 Å². The Balaban J connectivity index is 2.57. The van der Waals surface area contributed by atoms with Crippen LogP contribution in [-0.4, -0.2) is 17.7 Å². The summed E-state index contributed by atoms with van der Waals surface area (Å²) < 4.78 is 4.45. The Morgan fingerprint density at radius 2 is 2.57 bits per heavy atom. The molecule has 1 aliphatic heterocycles. The molecule has 1 N–H and O–H groups in total. The van der Waals surface area contributed by atoms with E-state index in [1.807, 2.05) is 0 Å². The van der Waals surface area contributed by atoms with Crippen molar-refractivity contribution in [3.63, 3.8) is 0 Å². The van der Waals surface area contributed by atoms with E-state index in [1.54, 1.807) is 0 Å². The van der Waals surface area contributed by atoms with Gasteiger partial charge < -0.3 is 9.84 Å². The van der Waals surface area contributed by atoms with Gasteiger partial charge in [0.2, 0.25) is 0 Å². The number of hydrogen-bond acceptors (Lipinski definition) is 2. The van der Waals surface area contributed by atoms with E-state index in [0.29, 0.717) is 5.57 Å². The molecule has 0 atom stereocenters. The molecule has 3 nitrogen and oxygen atoms in total. The van der Waals surface area contributed by atoms with E-state index < -0.39 is 5.97 Å². The summed E-state index contributed by atoms with van der Waals surface area (Å²) in [4.78, 5) is 9.83. The molecule has 38 valence electrons. The summed E-state index contributed by atoms with van der Waals surface area (Å²) in [6, 6.07) is 0. The van der Waals surface area contributed by atoms with Crippen LogP contribution in [0.1, 0.15) is 0 Å². The average molecular weight is 100 g/mol. The van der Waals surface area contributed by atoms with Gasteiger partial charge >= 0.3 is 5.97 Å². The normalized spacial score (nSPS) is 16.3. The van der Waals surface area contributed by atoms with E-state index in [2.05, 4.69) is 4.74 Å². The molecule has 1 rings (SSSR count). The van der Waals surface area contributed by atoms with Crippen molar-refractivity contribution in [2.45, 2.75) is 0 Å². The van der Waals surface area contributed by atoms with Crippen molar-refractivity contribution in [3.8, 4) is 0 Å². The molecule has 7 heavy (non-hydrogen) atoms. The minimum absolute atomic E-state index is 0.259. The van der Waals surface area contributed by atoms with Crippen LogP contribution in [0, 0.1) is 0 Å². The Morgan fingerprint density at radius 3 is 2.57 bits per heavy atom. The molecular weight excluding hydrogens is 96.0 g/mol. The lowest BCUT2D eigenvalue weighted by atomic mass is 10.3. The number of carboxylic acid groups (broad SMARTS) is 1. The van der Waals surface area contributed by atoms with Crippen molar-refractivity contribution in [2.75, 3.05) is 6.61 Å². The molecule has 0 aromatic heterocycles. The lowest BCUT2D eigenvalue weighted by molar-refractivity contribution is -0.134. The maximum Gasteiger partial charge on any atom is 0.338 e. The number of ether oxygens (including phenoxy) is 1. The fraction of sp³-hybridized carbons (Fsp3) is 0.250. The molecule has 0 spiro atoms. The molecule has 0 aromatic carbocycles. The molecule has 0 aliphatic carbocycles. The van der Waals surface area contributed by atoms with E-state index in [0.717, 1.165) is 0 Å². The van der Waals surface area contributed by atoms with Gasteiger partial charge in [0.05, 0.1) is 6.26 Å². The zero-order chi connectivity index (χ0) is 5.28. The average Bonchev–Trinajstić information content (AvgIpc) is 1.23. The lowest BCUT2D eigenvalue weighted by Gasteiger charge is -2.09. The van der Waals surface area contributed by atoms with Gasteiger partial charge in [-0.1, -0.05) is 0 Å². The molecule has 0 bridgehead atoms. The predicted octanol–water partition coefficient (Wildman–Crippen LogP) is -0.0149. The zero-order valence-electron chi connectivity index (χ0n) is 3.55. The highest BCUT2D eigenvalue weighted by atomic mass is 16.5. The van der Waals surface area contributed by atoms with Crippen LogP contribution in [-0.2, 0) is 9.53 Å². The van der Waals surface area contributed by atoms with Crippen molar-refractivity contribution >= 4 is 5.97 Å². The second-order valence-corrected chi connectivity index (χ2v) is 1.26. The Hall–Kier alpha value is -0.990. The summed E-state index contributed by atoms with van der Waals surface area (Å²) in [6.45, 7) is 0.259. The van der Waals surface area contributed by atoms with Gasteiger partial charge in [-0.2, -0.15) is 0 Å². The van der Waals surface area contributed by atoms with E-state index in [9.17, 15) is 4.79 Å². The third kappa shape index (κ3) is 0.559. The van der Waals surface area contributed by atoms with Crippen LogP contribution in [0.5, 0.6) is 0 Å². The summed E-state index contributed by atoms with van der Waals surface area (Å²) in [5, 5.41) is 8.08. The van der Waals surface area contributed by atoms with Crippen LogP contribution in [0.3, 0.4) is 0 Å². The number of carbonyl (C=O) groups is 1. The maximum atomic E-state index is 9.83. The predicted molar refractivity (Wildman–Crippen MR) is 21.7 cm³/mol. The first-order valence-corrected chi connectivity index (χ1v) is 1.84. The van der Waals surface area contributed by atoms with Gasteiger partial charge in [0.15, 0.2) is 0 Å². The first-order chi connectivity index (χ1) is 3.30. The van der Waals surface area contributed by atoms with E-state index in [-0.39, 0.29) is 6.61 Å². The maximum absolute atomic E-state index is 9.83. The first-order valence-electron chi connectivity index (χ1n) is 1.84. The fourth-order valence-corrected chi connectivity index (χ4v) is 0.279. The van der Waals surface area contributed by atoms with Crippen LogP contribution in [0.2, 0.25) is 0 Å². The summed E-state index contributed by atoms with van der Waals surface area (Å²) in [5.74, 6) is -0.883. The largest absolute Gasteiger partial charge is 0.495 e. The molecule has 1 heterocycles. The minimum Gasteiger partial charge on any atom is -0.495 e. The van der Waals surface area contributed by atoms with E-state index >= 15 is 0 Å². The van der Waals surface area contributed by atoms with Crippen LogP contribution in [0.4, 0.5) is 0 Å². The number of hydrogen-bond donors (Lipinski definition) is 1. The number of rotatable bonds is 1. The van der Waals surface area contributed by atoms with Gasteiger partial charge in [-0.15, -0.1) is 0 Å². The van der Waals surface area contributed by atoms with Crippen molar-refractivity contribution in [2.24, 2.45) is 0 Å². The molecule has 0 saturated carbocycles. The zero-order valence-corrected chi connectivity index (χ0v) is 3.55. The fourth-order valence-electron chi connectivity index (χ4n) is 0.279. The molecule has 0 aromatic rings. The summed E-state index contributed by atoms with van der Waals surface area (Å²) >= 11 is 0. The molecule has 0 amide bonds. The van der Waals surface area contributed by atoms with Crippen molar-refractivity contribution in [1.82, 2.24) is 0 Å². The SMILES string of the molecule is O=C(O)C1=COC1. The third-order valence-electron chi connectivity index (χ3n) is 0.739. The van der Waals surface area contributed by atoms with Gasteiger partial charge in [0, 0.05) is 0 Å². The number of aliphatic carboxylic acids is 1. The van der Waals surface area contributed by atoms with Crippen molar-refractivity contribution in [1.29, 1.82) is 0 Å². The summed E-state index contributed by atoms with van der Waals surface area (Å²) in [5.41, 5.74) is 0.347. The highest BCUT2D eigenvalue weighted by Gasteiger charge is 2.13. The molecule has 0 fully saturated rings. The second-order valence-electron chi connectivity index (χ2n) is 1.26. The first kappa shape index (κ1) is 4.18. The monoisotopic (exact) mass is 100 g/mol. The van der Waals surface area contributed by atoms with Crippen LogP contribution >= 0.6 is 0 Å². The highest BCUT2D eigenvalue weighted by Crippen LogP contribution is 2.05. The Bertz CT molecular complexity index is 125. The van der Waals surface area contributed by atoms with Crippen molar-refractivity contribution < 1.29 is 14.6 Å². The third-order valence-corrected chi connectivity index (χ3v) is 0.739. The summed E-state index contributed by atoms with van der Waals surface area (Å²) in [7, 11) is 0. The quantitative estimate of drug-likeness (QED) is 0.504. The smallest absolute Gasteiger partial charge is 0.338 e. The summed E-state index contributed by atoms with van der Waals surface area (Å²) in [6.07, 6.45) is 1.24. The van der Waals surface area contributed by atoms with Crippen LogP contribution in [0.15, 0.2) is 11.8 Å². The van der Waals surface area contributed by atoms with E-state index in [1.165, 1.54) is 6.26 Å². The van der Waals surface area contributed by atoms with E-state index in [4.69, 9.17) is 5.11 Å². The van der Waals surface area contributed by atoms with Crippen LogP contribution < -0.4 is 0 Å². The standard InChI is InChI=1S/C4H4O3/c5-4(6)3-1-7-2-3/h1H,2H2,(H,5,6). The van der Waals surface area contributed by atoms with Gasteiger partial charge in [-0.3, -0.25) is 0 Å². The van der Waals surface area contributed by atoms with Crippen molar-refractivity contribution in [3.05, 3.63) is 11.8 Å². The Kier molecular flexibility index (Phi) is 0.749. The Morgan fingerprint density at radius 1 is 2.00 bits per heavy atom. The van der Waals surface area contributed by atoms with Gasteiger partial charge in [0.25, 0.3) is 0 Å². The number of carboxylic acids is 1. The molecule has 0 saturated heterocycles. The topological polar surface area (TPSA) is 46.5 Å². The second kappa shape index (κ2) is 1.26. The molecule has 0 unspecified atom stereocenters.